The van der Waals surface area contributed by atoms with Gasteiger partial charge in [0.25, 0.3) is 16.0 Å². The number of hydrogen-bond acceptors (Lipinski definition) is 17. The smallest absolute Gasteiger partial charge is 0.350 e. The van der Waals surface area contributed by atoms with Gasteiger partial charge in [0.05, 0.1) is 41.8 Å². The van der Waals surface area contributed by atoms with E-state index >= 15 is 9.59 Å². The van der Waals surface area contributed by atoms with Gasteiger partial charge in [0.2, 0.25) is 6.10 Å². The van der Waals surface area contributed by atoms with Crippen molar-refractivity contribution in [3.8, 4) is 0 Å². The van der Waals surface area contributed by atoms with E-state index in [4.69, 9.17) is 28.4 Å². The van der Waals surface area contributed by atoms with Gasteiger partial charge in [-0.15, -0.1) is 0 Å². The van der Waals surface area contributed by atoms with Gasteiger partial charge in [0.1, 0.15) is 30.0 Å². The van der Waals surface area contributed by atoms with Crippen LogP contribution in [0.1, 0.15) is 93.1 Å². The lowest BCUT2D eigenvalue weighted by molar-refractivity contribution is -0.346. The molecule has 374 valence electrons. The summed E-state index contributed by atoms with van der Waals surface area (Å²) in [6, 6.07) is 21.7. The number of carbonyl (C=O) groups is 7. The highest BCUT2D eigenvalue weighted by molar-refractivity contribution is 7.85. The molecule has 11 atom stereocenters. The van der Waals surface area contributed by atoms with Gasteiger partial charge in [-0.1, -0.05) is 80.6 Å². The molecule has 3 aliphatic carbocycles. The average molecular weight is 990 g/mol. The first-order valence-corrected chi connectivity index (χ1v) is 24.1. The Balaban J connectivity index is 1.42. The number of fused-ring (bicyclic) bond motifs is 5. The van der Waals surface area contributed by atoms with Crippen molar-refractivity contribution in [3.05, 3.63) is 119 Å². The third kappa shape index (κ3) is 9.49. The molecule has 0 radical (unpaired) electrons. The fraction of sp³-hybridized carbons (Fsp3) is 0.460. The van der Waals surface area contributed by atoms with E-state index in [0.29, 0.717) is 0 Å². The third-order valence-corrected chi connectivity index (χ3v) is 15.0. The minimum atomic E-state index is -4.72. The zero-order valence-electron chi connectivity index (χ0n) is 39.2. The fourth-order valence-electron chi connectivity index (χ4n) is 10.7. The maximum atomic E-state index is 15.7. The monoisotopic (exact) mass is 989 g/mol. The molecule has 3 fully saturated rings. The summed E-state index contributed by atoms with van der Waals surface area (Å²) in [6.07, 6.45) is -12.3. The second kappa shape index (κ2) is 19.5. The summed E-state index contributed by atoms with van der Waals surface area (Å²) in [4.78, 5) is 98.7. The molecule has 2 bridgehead atoms. The van der Waals surface area contributed by atoms with Crippen molar-refractivity contribution >= 4 is 51.7 Å². The molecule has 7 rings (SSSR count). The van der Waals surface area contributed by atoms with Crippen molar-refractivity contribution in [1.82, 2.24) is 5.32 Å². The van der Waals surface area contributed by atoms with Gasteiger partial charge >= 0.3 is 29.8 Å². The highest BCUT2D eigenvalue weighted by atomic mass is 32.2. The van der Waals surface area contributed by atoms with Crippen LogP contribution in [0.3, 0.4) is 0 Å². The lowest BCUT2D eigenvalue weighted by atomic mass is 9.44. The number of nitrogens with one attached hydrogen (secondary N) is 1. The lowest BCUT2D eigenvalue weighted by Crippen LogP contribution is -2.82. The van der Waals surface area contributed by atoms with Crippen molar-refractivity contribution in [2.45, 2.75) is 115 Å². The Morgan fingerprint density at radius 1 is 0.843 bits per heavy atom. The van der Waals surface area contributed by atoms with Crippen LogP contribution in [0.4, 0.5) is 0 Å². The molecule has 3 aromatic rings. The van der Waals surface area contributed by atoms with Crippen LogP contribution in [-0.4, -0.2) is 125 Å². The van der Waals surface area contributed by atoms with Crippen LogP contribution in [-0.2, 0) is 62.5 Å². The number of rotatable bonds is 14. The Bertz CT molecular complexity index is 2690. The minimum Gasteiger partial charge on any atom is -0.455 e. The molecule has 70 heavy (non-hydrogen) atoms. The first-order valence-electron chi connectivity index (χ1n) is 22.5. The summed E-state index contributed by atoms with van der Waals surface area (Å²) in [5.41, 5.74) is -8.05. The highest BCUT2D eigenvalue weighted by Crippen LogP contribution is 2.64. The van der Waals surface area contributed by atoms with Gasteiger partial charge in [-0.2, -0.15) is 8.42 Å². The fourth-order valence-corrected chi connectivity index (χ4v) is 11.1. The number of carbonyl (C=O) groups excluding carboxylic acids is 7. The Hall–Kier alpha value is -6.32. The molecule has 1 saturated heterocycles. The molecule has 2 saturated carbocycles. The molecule has 4 aliphatic rings. The Morgan fingerprint density at radius 2 is 1.43 bits per heavy atom. The van der Waals surface area contributed by atoms with Crippen LogP contribution < -0.4 is 5.32 Å². The van der Waals surface area contributed by atoms with E-state index in [-0.39, 0.29) is 40.9 Å². The van der Waals surface area contributed by atoms with Crippen LogP contribution in [0, 0.1) is 16.7 Å². The molecule has 19 nitrogen and oxygen atoms in total. The average Bonchev–Trinajstić information content (AvgIpc) is 3.30. The van der Waals surface area contributed by atoms with Crippen LogP contribution in [0.15, 0.2) is 102 Å². The maximum Gasteiger partial charge on any atom is 0.350 e. The van der Waals surface area contributed by atoms with Gasteiger partial charge in [-0.05, 0) is 54.8 Å². The van der Waals surface area contributed by atoms with Gasteiger partial charge in [-0.25, -0.2) is 9.59 Å². The largest absolute Gasteiger partial charge is 0.455 e. The lowest BCUT2D eigenvalue weighted by Gasteiger charge is -2.67. The Morgan fingerprint density at radius 3 is 1.97 bits per heavy atom. The SMILES string of the molecule is CC(=O)O[C@H]1C(=O)[C@@]2(C)[C@H]([C@H](OC(=O)c3ccccc3)[C@]3(O)C[C@H](OC(=O)[C@H](OC(=O)CCS(=O)(=O)O)[C@@H](NC(=O)c4ccccc4)c4ccccc4)C(C)=C1C3(C)C)[C@]1(OC(C)=O)CO[C@@H]1C[C@@H]2O. The van der Waals surface area contributed by atoms with E-state index in [0.717, 1.165) is 13.8 Å². The number of aliphatic hydroxyl groups excluding tert-OH is 1. The molecule has 4 N–H and O–H groups in total. The van der Waals surface area contributed by atoms with E-state index in [1.165, 1.54) is 64.1 Å². The summed E-state index contributed by atoms with van der Waals surface area (Å²) in [6.45, 7) is 7.55. The molecule has 3 aromatic carbocycles. The van der Waals surface area contributed by atoms with Gasteiger partial charge < -0.3 is 44.0 Å². The first kappa shape index (κ1) is 51.5. The van der Waals surface area contributed by atoms with Gasteiger partial charge in [-0.3, -0.25) is 28.5 Å². The first-order chi connectivity index (χ1) is 32.9. The van der Waals surface area contributed by atoms with E-state index < -0.39 is 141 Å². The number of Topliss-reactive ketones (excluding diaryl/α,β-unsaturated/α-hetero) is 1. The molecule has 1 amide bonds. The zero-order valence-corrected chi connectivity index (χ0v) is 40.0. The van der Waals surface area contributed by atoms with E-state index in [9.17, 15) is 47.2 Å². The summed E-state index contributed by atoms with van der Waals surface area (Å²) >= 11 is 0. The highest BCUT2D eigenvalue weighted by Gasteiger charge is 2.78. The minimum absolute atomic E-state index is 0.00461. The molecular weight excluding hydrogens is 935 g/mol. The number of ether oxygens (including phenoxy) is 6. The summed E-state index contributed by atoms with van der Waals surface area (Å²) in [7, 11) is -4.72. The zero-order chi connectivity index (χ0) is 51.1. The summed E-state index contributed by atoms with van der Waals surface area (Å²) in [5, 5.41) is 28.7. The summed E-state index contributed by atoms with van der Waals surface area (Å²) < 4.78 is 69.0. The number of esters is 5. The van der Waals surface area contributed by atoms with Gasteiger partial charge in [0.15, 0.2) is 17.5 Å². The van der Waals surface area contributed by atoms with E-state index in [2.05, 4.69) is 5.32 Å². The Labute approximate surface area is 403 Å². The van der Waals surface area contributed by atoms with Crippen molar-refractivity contribution in [2.75, 3.05) is 12.4 Å². The van der Waals surface area contributed by atoms with Crippen molar-refractivity contribution < 1.29 is 85.2 Å². The number of benzene rings is 3. The number of aliphatic hydroxyl groups is 2. The quantitative estimate of drug-likeness (QED) is 0.0777. The molecule has 1 aliphatic heterocycles. The van der Waals surface area contributed by atoms with Crippen LogP contribution in [0.2, 0.25) is 0 Å². The summed E-state index contributed by atoms with van der Waals surface area (Å²) in [5.74, 6) is -9.92. The molecule has 1 heterocycles. The van der Waals surface area contributed by atoms with E-state index in [1.807, 2.05) is 0 Å². The van der Waals surface area contributed by atoms with Crippen molar-refractivity contribution in [3.63, 3.8) is 0 Å². The predicted octanol–water partition coefficient (Wildman–Crippen LogP) is 3.56. The van der Waals surface area contributed by atoms with Crippen molar-refractivity contribution in [2.24, 2.45) is 16.7 Å². The Kier molecular flexibility index (Phi) is 14.3. The molecule has 0 unspecified atom stereocenters. The standard InChI is InChI=1S/C50H55NO18S/c1-27-33(66-46(59)40(67-36(55)22-23-70(61,62)63)38(30-16-10-7-11-17-30)51-44(57)31-18-12-8-13-19-31)25-50(60)43(68-45(58)32-20-14-9-15-21-32)41-48(6,34(54)24-35-49(41,26-64-35)69-29(3)53)42(56)39(65-28(2)52)37(27)47(50,4)5/h7-21,33-35,38-41,43,54,60H,22-26H2,1-6H3,(H,51,57)(H,61,62,63)/t33-,34-,35+,38-,39+,40+,41-,43-,48+,49-,50+/m0/s1. The predicted molar refractivity (Wildman–Crippen MR) is 243 cm³/mol. The number of ketones is 1. The van der Waals surface area contributed by atoms with Crippen LogP contribution in [0.5, 0.6) is 0 Å². The third-order valence-electron chi connectivity index (χ3n) is 14.3. The van der Waals surface area contributed by atoms with Crippen LogP contribution in [0.25, 0.3) is 0 Å². The normalized spacial score (nSPS) is 29.7. The maximum absolute atomic E-state index is 15.7. The van der Waals surface area contributed by atoms with Crippen LogP contribution >= 0.6 is 0 Å². The number of amides is 1. The molecule has 20 heteroatoms. The second-order valence-corrected chi connectivity index (χ2v) is 20.4. The molecular formula is C50H55NO18S. The van der Waals surface area contributed by atoms with Crippen molar-refractivity contribution in [1.29, 1.82) is 0 Å². The second-order valence-electron chi connectivity index (χ2n) is 18.9. The molecule has 0 spiro atoms. The molecule has 0 aromatic heterocycles. The van der Waals surface area contributed by atoms with E-state index in [1.54, 1.807) is 54.6 Å². The number of hydrogen-bond donors (Lipinski definition) is 4. The topological polar surface area (TPSA) is 282 Å². The van der Waals surface area contributed by atoms with Gasteiger partial charge in [0, 0.05) is 37.7 Å².